The van der Waals surface area contributed by atoms with E-state index in [2.05, 4.69) is 15.0 Å². The Balaban J connectivity index is 2.34. The Bertz CT molecular complexity index is 474. The molecule has 0 N–H and O–H groups in total. The number of carbonyl (C=O) groups excluding carboxylic acids is 1. The molecule has 0 saturated carbocycles. The molecule has 1 heterocycles. The third kappa shape index (κ3) is 2.59. The van der Waals surface area contributed by atoms with Crippen LogP contribution in [-0.4, -0.2) is 28.1 Å². The van der Waals surface area contributed by atoms with Gasteiger partial charge in [-0.1, -0.05) is 11.6 Å². The van der Waals surface area contributed by atoms with Gasteiger partial charge >= 0.3 is 5.97 Å². The quantitative estimate of drug-likeness (QED) is 0.771. The van der Waals surface area contributed by atoms with Crippen LogP contribution in [-0.2, 0) is 28.9 Å². The van der Waals surface area contributed by atoms with Crippen molar-refractivity contribution >= 4 is 5.97 Å². The molecule has 0 amide bonds. The van der Waals surface area contributed by atoms with Gasteiger partial charge < -0.3 is 4.74 Å². The Kier molecular flexibility index (Phi) is 3.82. The van der Waals surface area contributed by atoms with Crippen LogP contribution in [0, 0.1) is 5.92 Å². The van der Waals surface area contributed by atoms with Crippen molar-refractivity contribution in [2.45, 2.75) is 38.0 Å². The molecule has 7 heteroatoms. The molecule has 1 aromatic heterocycles. The topological polar surface area (TPSA) is 57.0 Å². The predicted octanol–water partition coefficient (Wildman–Crippen LogP) is 1.81. The summed E-state index contributed by atoms with van der Waals surface area (Å²) >= 11 is 0. The number of halogens is 2. The Morgan fingerprint density at radius 2 is 2.26 bits per heavy atom. The van der Waals surface area contributed by atoms with Crippen molar-refractivity contribution in [3.63, 3.8) is 0 Å². The Labute approximate surface area is 109 Å². The number of hydrogen-bond donors (Lipinski definition) is 0. The van der Waals surface area contributed by atoms with E-state index >= 15 is 0 Å². The normalized spacial score (nSPS) is 22.2. The van der Waals surface area contributed by atoms with Gasteiger partial charge in [-0.05, 0) is 19.3 Å². The number of aromatic nitrogens is 3. The molecule has 0 bridgehead atoms. The molecule has 1 aromatic rings. The second-order valence-electron chi connectivity index (χ2n) is 4.85. The highest BCUT2D eigenvalue weighted by Gasteiger charge is 2.47. The number of rotatable bonds is 2. The van der Waals surface area contributed by atoms with Gasteiger partial charge in [0.05, 0.1) is 19.2 Å². The average Bonchev–Trinajstić information content (AvgIpc) is 2.73. The molecule has 0 radical (unpaired) electrons. The molecule has 1 atom stereocenters. The summed E-state index contributed by atoms with van der Waals surface area (Å²) in [6.07, 6.45) is 1.99. The van der Waals surface area contributed by atoms with E-state index in [1.54, 1.807) is 7.05 Å². The van der Waals surface area contributed by atoms with Gasteiger partial charge in [0, 0.05) is 13.0 Å². The van der Waals surface area contributed by atoms with E-state index in [-0.39, 0.29) is 18.5 Å². The summed E-state index contributed by atoms with van der Waals surface area (Å²) in [4.78, 5) is 11.3. The Morgan fingerprint density at radius 1 is 1.53 bits per heavy atom. The van der Waals surface area contributed by atoms with Gasteiger partial charge in [-0.15, -0.1) is 5.10 Å². The highest BCUT2D eigenvalue weighted by molar-refractivity contribution is 5.69. The number of esters is 1. The third-order valence-electron chi connectivity index (χ3n) is 3.63. The second-order valence-corrected chi connectivity index (χ2v) is 4.85. The van der Waals surface area contributed by atoms with Gasteiger partial charge in [-0.25, -0.2) is 0 Å². The molecule has 2 rings (SSSR count). The van der Waals surface area contributed by atoms with Crippen molar-refractivity contribution in [1.82, 2.24) is 15.0 Å². The lowest BCUT2D eigenvalue weighted by Crippen LogP contribution is -2.31. The molecule has 1 aliphatic rings. The van der Waals surface area contributed by atoms with E-state index in [4.69, 9.17) is 0 Å². The van der Waals surface area contributed by atoms with Gasteiger partial charge in [-0.2, -0.15) is 8.78 Å². The fourth-order valence-corrected chi connectivity index (χ4v) is 2.49. The zero-order chi connectivity index (χ0) is 14.0. The summed E-state index contributed by atoms with van der Waals surface area (Å²) in [5.41, 5.74) is 0.170. The zero-order valence-electron chi connectivity index (χ0n) is 11.0. The number of alkyl halides is 2. The molecule has 1 aliphatic carbocycles. The summed E-state index contributed by atoms with van der Waals surface area (Å²) in [6.45, 7) is 0. The summed E-state index contributed by atoms with van der Waals surface area (Å²) in [5, 5.41) is 7.29. The number of ether oxygens (including phenoxy) is 1. The molecule has 5 nitrogen and oxygen atoms in total. The smallest absolute Gasteiger partial charge is 0.306 e. The van der Waals surface area contributed by atoms with Crippen LogP contribution in [0.5, 0.6) is 0 Å². The lowest BCUT2D eigenvalue weighted by molar-refractivity contribution is -0.148. The number of methoxy groups -OCH3 is 1. The maximum Gasteiger partial charge on any atom is 0.306 e. The van der Waals surface area contributed by atoms with Crippen LogP contribution in [0.25, 0.3) is 0 Å². The van der Waals surface area contributed by atoms with Gasteiger partial charge in [-0.3, -0.25) is 9.48 Å². The second kappa shape index (κ2) is 5.22. The van der Waals surface area contributed by atoms with Crippen molar-refractivity contribution in [3.05, 3.63) is 11.4 Å². The van der Waals surface area contributed by atoms with Crippen LogP contribution in [0.2, 0.25) is 0 Å². The molecule has 106 valence electrons. The van der Waals surface area contributed by atoms with E-state index in [1.807, 2.05) is 0 Å². The number of fused-ring (bicyclic) bond motifs is 1. The van der Waals surface area contributed by atoms with E-state index < -0.39 is 17.8 Å². The number of aryl methyl sites for hydroxylation is 1. The van der Waals surface area contributed by atoms with Crippen LogP contribution < -0.4 is 0 Å². The fraction of sp³-hybridized carbons (Fsp3) is 0.750. The minimum absolute atomic E-state index is 0.288. The van der Waals surface area contributed by atoms with Crippen molar-refractivity contribution in [2.75, 3.05) is 7.11 Å². The first-order valence-electron chi connectivity index (χ1n) is 6.30. The molecule has 0 aromatic carbocycles. The van der Waals surface area contributed by atoms with Crippen LogP contribution in [0.15, 0.2) is 0 Å². The average molecular weight is 273 g/mol. The van der Waals surface area contributed by atoms with Crippen molar-refractivity contribution in [3.8, 4) is 0 Å². The highest BCUT2D eigenvalue weighted by atomic mass is 19.3. The van der Waals surface area contributed by atoms with E-state index in [0.717, 1.165) is 6.42 Å². The number of nitrogens with zero attached hydrogens (tertiary/aromatic N) is 3. The van der Waals surface area contributed by atoms with Gasteiger partial charge in [0.15, 0.2) is 5.69 Å². The van der Waals surface area contributed by atoms with Crippen LogP contribution in [0.1, 0.15) is 37.1 Å². The summed E-state index contributed by atoms with van der Waals surface area (Å²) in [6, 6.07) is 0. The Morgan fingerprint density at radius 3 is 2.95 bits per heavy atom. The zero-order valence-corrected chi connectivity index (χ0v) is 11.0. The SMILES string of the molecule is COC(=O)CC1CCCCc2c(nnn2C)C1(F)F. The fourth-order valence-electron chi connectivity index (χ4n) is 2.49. The molecular weight excluding hydrogens is 256 g/mol. The maximum absolute atomic E-state index is 14.5. The predicted molar refractivity (Wildman–Crippen MR) is 62.6 cm³/mol. The van der Waals surface area contributed by atoms with E-state index in [9.17, 15) is 13.6 Å². The van der Waals surface area contributed by atoms with Crippen molar-refractivity contribution in [1.29, 1.82) is 0 Å². The van der Waals surface area contributed by atoms with Crippen molar-refractivity contribution in [2.24, 2.45) is 13.0 Å². The summed E-state index contributed by atoms with van der Waals surface area (Å²) in [7, 11) is 2.82. The minimum Gasteiger partial charge on any atom is -0.469 e. The van der Waals surface area contributed by atoms with Crippen LogP contribution >= 0.6 is 0 Å². The number of carbonyl (C=O) groups is 1. The lowest BCUT2D eigenvalue weighted by Gasteiger charge is -2.27. The van der Waals surface area contributed by atoms with Gasteiger partial charge in [0.1, 0.15) is 0 Å². The first kappa shape index (κ1) is 13.9. The molecule has 0 spiro atoms. The van der Waals surface area contributed by atoms with E-state index in [0.29, 0.717) is 18.5 Å². The summed E-state index contributed by atoms with van der Waals surface area (Å²) in [5.74, 6) is -4.83. The summed E-state index contributed by atoms with van der Waals surface area (Å²) < 4.78 is 34.9. The van der Waals surface area contributed by atoms with E-state index in [1.165, 1.54) is 11.8 Å². The Hall–Kier alpha value is -1.53. The molecule has 0 fully saturated rings. The molecule has 0 aliphatic heterocycles. The molecule has 0 saturated heterocycles. The molecule has 19 heavy (non-hydrogen) atoms. The molecule has 1 unspecified atom stereocenters. The van der Waals surface area contributed by atoms with Gasteiger partial charge in [0.25, 0.3) is 5.92 Å². The van der Waals surface area contributed by atoms with Crippen LogP contribution in [0.4, 0.5) is 8.78 Å². The third-order valence-corrected chi connectivity index (χ3v) is 3.63. The standard InChI is InChI=1S/C12H17F2N3O2/c1-17-9-6-4-3-5-8(7-10(18)19-2)12(13,14)11(9)15-16-17/h8H,3-7H2,1-2H3. The van der Waals surface area contributed by atoms with Gasteiger partial charge in [0.2, 0.25) is 0 Å². The molecular formula is C12H17F2N3O2. The monoisotopic (exact) mass is 273 g/mol. The largest absolute Gasteiger partial charge is 0.469 e. The first-order chi connectivity index (χ1) is 8.96. The lowest BCUT2D eigenvalue weighted by atomic mass is 9.86. The first-order valence-corrected chi connectivity index (χ1v) is 6.30. The number of hydrogen-bond acceptors (Lipinski definition) is 4. The maximum atomic E-state index is 14.5. The van der Waals surface area contributed by atoms with Crippen LogP contribution in [0.3, 0.4) is 0 Å². The minimum atomic E-state index is -3.14. The van der Waals surface area contributed by atoms with Crippen molar-refractivity contribution < 1.29 is 18.3 Å². The highest BCUT2D eigenvalue weighted by Crippen LogP contribution is 2.42.